The van der Waals surface area contributed by atoms with Gasteiger partial charge in [-0.3, -0.25) is 0 Å². The lowest BCUT2D eigenvalue weighted by Crippen LogP contribution is -2.38. The van der Waals surface area contributed by atoms with Crippen molar-refractivity contribution in [2.45, 2.75) is 32.8 Å². The first-order valence-corrected chi connectivity index (χ1v) is 3.78. The van der Waals surface area contributed by atoms with Crippen molar-refractivity contribution >= 4 is 0 Å². The summed E-state index contributed by atoms with van der Waals surface area (Å²) in [5.41, 5.74) is -0.630. The van der Waals surface area contributed by atoms with Crippen LogP contribution in [-0.2, 0) is 4.74 Å². The van der Waals surface area contributed by atoms with E-state index in [1.165, 1.54) is 0 Å². The van der Waals surface area contributed by atoms with E-state index in [0.717, 1.165) is 6.42 Å². The van der Waals surface area contributed by atoms with Gasteiger partial charge >= 0.3 is 0 Å². The molecule has 0 fully saturated rings. The van der Waals surface area contributed by atoms with Crippen molar-refractivity contribution in [1.82, 2.24) is 0 Å². The van der Waals surface area contributed by atoms with Gasteiger partial charge in [0.15, 0.2) is 0 Å². The minimum atomic E-state index is -0.630. The maximum Gasteiger partial charge on any atom is 0.0900 e. The van der Waals surface area contributed by atoms with Crippen molar-refractivity contribution in [3.8, 4) is 0 Å². The zero-order valence-corrected chi connectivity index (χ0v) is 7.35. The lowest BCUT2D eigenvalue weighted by molar-refractivity contribution is -0.0666. The first kappa shape index (κ1) is 9.92. The SMILES string of the molecule is CCC(O)(COC)C(C)C. The topological polar surface area (TPSA) is 29.5 Å². The first-order chi connectivity index (χ1) is 4.56. The van der Waals surface area contributed by atoms with Crippen LogP contribution in [0.2, 0.25) is 0 Å². The predicted octanol–water partition coefficient (Wildman–Crippen LogP) is 1.43. The van der Waals surface area contributed by atoms with E-state index in [4.69, 9.17) is 4.74 Å². The Balaban J connectivity index is 3.94. The molecule has 0 bridgehead atoms. The van der Waals surface area contributed by atoms with Gasteiger partial charge < -0.3 is 9.84 Å². The second-order valence-electron chi connectivity index (χ2n) is 3.04. The molecule has 0 aliphatic carbocycles. The molecule has 1 atom stereocenters. The third-order valence-corrected chi connectivity index (χ3v) is 2.08. The van der Waals surface area contributed by atoms with Crippen LogP contribution >= 0.6 is 0 Å². The van der Waals surface area contributed by atoms with Crippen molar-refractivity contribution in [3.05, 3.63) is 0 Å². The summed E-state index contributed by atoms with van der Waals surface area (Å²) in [6.45, 7) is 6.41. The Kier molecular flexibility index (Phi) is 3.91. The van der Waals surface area contributed by atoms with E-state index < -0.39 is 5.60 Å². The van der Waals surface area contributed by atoms with Gasteiger partial charge in [-0.25, -0.2) is 0 Å². The molecule has 10 heavy (non-hydrogen) atoms. The summed E-state index contributed by atoms with van der Waals surface area (Å²) in [6, 6.07) is 0. The van der Waals surface area contributed by atoms with E-state index in [0.29, 0.717) is 6.61 Å². The first-order valence-electron chi connectivity index (χ1n) is 3.78. The molecule has 0 radical (unpaired) electrons. The van der Waals surface area contributed by atoms with Gasteiger partial charge in [-0.1, -0.05) is 20.8 Å². The molecule has 0 aliphatic rings. The lowest BCUT2D eigenvalue weighted by Gasteiger charge is -2.29. The van der Waals surface area contributed by atoms with Crippen LogP contribution in [0.15, 0.2) is 0 Å². The van der Waals surface area contributed by atoms with Crippen molar-refractivity contribution in [1.29, 1.82) is 0 Å². The third kappa shape index (κ3) is 2.27. The fourth-order valence-corrected chi connectivity index (χ4v) is 0.927. The molecular formula is C8H18O2. The summed E-state index contributed by atoms with van der Waals surface area (Å²) < 4.78 is 4.91. The highest BCUT2D eigenvalue weighted by Crippen LogP contribution is 2.20. The van der Waals surface area contributed by atoms with E-state index in [9.17, 15) is 5.11 Å². The minimum absolute atomic E-state index is 0.262. The number of hydrogen-bond donors (Lipinski definition) is 1. The summed E-state index contributed by atoms with van der Waals surface area (Å²) in [5, 5.41) is 9.77. The van der Waals surface area contributed by atoms with Gasteiger partial charge in [0.2, 0.25) is 0 Å². The second-order valence-corrected chi connectivity index (χ2v) is 3.04. The van der Waals surface area contributed by atoms with Gasteiger partial charge in [0.25, 0.3) is 0 Å². The Morgan fingerprint density at radius 1 is 1.50 bits per heavy atom. The molecule has 0 spiro atoms. The van der Waals surface area contributed by atoms with Crippen molar-refractivity contribution < 1.29 is 9.84 Å². The molecule has 1 N–H and O–H groups in total. The summed E-state index contributed by atoms with van der Waals surface area (Å²) >= 11 is 0. The number of rotatable bonds is 4. The van der Waals surface area contributed by atoms with E-state index in [1.807, 2.05) is 20.8 Å². The number of hydrogen-bond acceptors (Lipinski definition) is 2. The Labute approximate surface area is 63.2 Å². The molecule has 0 aromatic heterocycles. The zero-order chi connectivity index (χ0) is 8.20. The van der Waals surface area contributed by atoms with Crippen LogP contribution < -0.4 is 0 Å². The van der Waals surface area contributed by atoms with Crippen molar-refractivity contribution in [3.63, 3.8) is 0 Å². The third-order valence-electron chi connectivity index (χ3n) is 2.08. The molecule has 0 saturated carbocycles. The van der Waals surface area contributed by atoms with Gasteiger partial charge in [-0.2, -0.15) is 0 Å². The number of ether oxygens (including phenoxy) is 1. The van der Waals surface area contributed by atoms with Gasteiger partial charge in [0.1, 0.15) is 0 Å². The monoisotopic (exact) mass is 146 g/mol. The van der Waals surface area contributed by atoms with Gasteiger partial charge in [-0.05, 0) is 12.3 Å². The van der Waals surface area contributed by atoms with E-state index in [-0.39, 0.29) is 5.92 Å². The average Bonchev–Trinajstić information content (AvgIpc) is 1.88. The molecule has 0 aromatic rings. The average molecular weight is 146 g/mol. The number of methoxy groups -OCH3 is 1. The van der Waals surface area contributed by atoms with Crippen LogP contribution in [0.3, 0.4) is 0 Å². The number of aliphatic hydroxyl groups is 1. The maximum absolute atomic E-state index is 9.77. The van der Waals surface area contributed by atoms with Crippen LogP contribution in [0.5, 0.6) is 0 Å². The van der Waals surface area contributed by atoms with E-state index in [1.54, 1.807) is 7.11 Å². The van der Waals surface area contributed by atoms with Crippen LogP contribution in [0.1, 0.15) is 27.2 Å². The fourth-order valence-electron chi connectivity index (χ4n) is 0.927. The highest BCUT2D eigenvalue weighted by Gasteiger charge is 2.28. The fraction of sp³-hybridized carbons (Fsp3) is 1.00. The Morgan fingerprint density at radius 3 is 2.10 bits per heavy atom. The Hall–Kier alpha value is -0.0800. The van der Waals surface area contributed by atoms with E-state index >= 15 is 0 Å². The molecule has 62 valence electrons. The molecular weight excluding hydrogens is 128 g/mol. The largest absolute Gasteiger partial charge is 0.387 e. The van der Waals surface area contributed by atoms with E-state index in [2.05, 4.69) is 0 Å². The van der Waals surface area contributed by atoms with Gasteiger partial charge in [0, 0.05) is 7.11 Å². The molecule has 1 unspecified atom stereocenters. The van der Waals surface area contributed by atoms with Crippen molar-refractivity contribution in [2.24, 2.45) is 5.92 Å². The molecule has 0 rings (SSSR count). The molecule has 0 aliphatic heterocycles. The summed E-state index contributed by atoms with van der Waals surface area (Å²) in [7, 11) is 1.61. The molecule has 2 nitrogen and oxygen atoms in total. The highest BCUT2D eigenvalue weighted by atomic mass is 16.5. The zero-order valence-electron chi connectivity index (χ0n) is 7.35. The van der Waals surface area contributed by atoms with Crippen LogP contribution in [0.25, 0.3) is 0 Å². The maximum atomic E-state index is 9.77. The van der Waals surface area contributed by atoms with Gasteiger partial charge in [-0.15, -0.1) is 0 Å². The summed E-state index contributed by atoms with van der Waals surface area (Å²) in [4.78, 5) is 0. The minimum Gasteiger partial charge on any atom is -0.387 e. The molecule has 0 amide bonds. The van der Waals surface area contributed by atoms with Gasteiger partial charge in [0.05, 0.1) is 12.2 Å². The standard InChI is InChI=1S/C8H18O2/c1-5-8(9,6-10-4)7(2)3/h7,9H,5-6H2,1-4H3. The molecule has 0 aromatic carbocycles. The Morgan fingerprint density at radius 2 is 2.00 bits per heavy atom. The molecule has 0 saturated heterocycles. The smallest absolute Gasteiger partial charge is 0.0900 e. The van der Waals surface area contributed by atoms with Crippen LogP contribution in [0.4, 0.5) is 0 Å². The van der Waals surface area contributed by atoms with Crippen LogP contribution in [-0.4, -0.2) is 24.4 Å². The van der Waals surface area contributed by atoms with Crippen LogP contribution in [0, 0.1) is 5.92 Å². The highest BCUT2D eigenvalue weighted by molar-refractivity contribution is 4.79. The van der Waals surface area contributed by atoms with Crippen molar-refractivity contribution in [2.75, 3.05) is 13.7 Å². The summed E-state index contributed by atoms with van der Waals surface area (Å²) in [6.07, 6.45) is 0.749. The quantitative estimate of drug-likeness (QED) is 0.650. The predicted molar refractivity (Wildman–Crippen MR) is 42.0 cm³/mol. The summed E-state index contributed by atoms with van der Waals surface area (Å²) in [5.74, 6) is 0.262. The lowest BCUT2D eigenvalue weighted by atomic mass is 9.89. The Bertz CT molecular complexity index is 91.3. The molecule has 2 heteroatoms. The second kappa shape index (κ2) is 3.94. The normalized spacial score (nSPS) is 17.4. The molecule has 0 heterocycles.